The number of methoxy groups -OCH3 is 1. The van der Waals surface area contributed by atoms with Crippen molar-refractivity contribution in [1.82, 2.24) is 5.32 Å². The van der Waals surface area contributed by atoms with Gasteiger partial charge in [0.1, 0.15) is 5.75 Å². The monoisotopic (exact) mass is 384 g/mol. The quantitative estimate of drug-likeness (QED) is 0.647. The van der Waals surface area contributed by atoms with Crippen LogP contribution in [0.3, 0.4) is 0 Å². The third kappa shape index (κ3) is 6.83. The van der Waals surface area contributed by atoms with Crippen molar-refractivity contribution in [1.29, 1.82) is 0 Å². The normalized spacial score (nSPS) is 23.2. The molecule has 1 aliphatic carbocycles. The van der Waals surface area contributed by atoms with E-state index in [0.29, 0.717) is 0 Å². The molecule has 3 heteroatoms. The first-order valence-corrected chi connectivity index (χ1v) is 11.8. The van der Waals surface area contributed by atoms with Gasteiger partial charge in [-0.05, 0) is 49.8 Å². The topological polar surface area (TPSA) is 33.6 Å². The highest BCUT2D eigenvalue weighted by Gasteiger charge is 2.32. The first kappa shape index (κ1) is 21.2. The summed E-state index contributed by atoms with van der Waals surface area (Å²) in [5.41, 5.74) is 1.43. The van der Waals surface area contributed by atoms with Crippen molar-refractivity contribution in [2.75, 3.05) is 13.7 Å². The average molecular weight is 385 g/mol. The van der Waals surface area contributed by atoms with E-state index in [-0.39, 0.29) is 5.54 Å². The summed E-state index contributed by atoms with van der Waals surface area (Å²) in [6.07, 6.45) is 19.5. The number of ether oxygens (including phenoxy) is 1. The van der Waals surface area contributed by atoms with Crippen LogP contribution in [0, 0.1) is 0 Å². The van der Waals surface area contributed by atoms with E-state index in [9.17, 15) is 0 Å². The molecule has 3 rings (SSSR count). The predicted octanol–water partition coefficient (Wildman–Crippen LogP) is 6.45. The Hall–Kier alpha value is -1.51. The maximum atomic E-state index is 5.47. The minimum Gasteiger partial charge on any atom is -0.497 e. The SMILES string of the molecule is COc1cccc(CC2(N=C3CCCCCCCCCCN3)CCCCC2)c1. The summed E-state index contributed by atoms with van der Waals surface area (Å²) in [5.74, 6) is 2.24. The molecule has 0 spiro atoms. The molecule has 0 atom stereocenters. The van der Waals surface area contributed by atoms with Crippen LogP contribution < -0.4 is 10.1 Å². The van der Waals surface area contributed by atoms with E-state index in [4.69, 9.17) is 9.73 Å². The molecule has 0 unspecified atom stereocenters. The zero-order valence-corrected chi connectivity index (χ0v) is 18.0. The van der Waals surface area contributed by atoms with E-state index in [1.165, 1.54) is 94.9 Å². The molecular weight excluding hydrogens is 344 g/mol. The molecule has 0 aromatic heterocycles. The fourth-order valence-electron chi connectivity index (χ4n) is 4.88. The number of aliphatic imine (C=N–C) groups is 1. The van der Waals surface area contributed by atoms with Crippen molar-refractivity contribution in [3.8, 4) is 5.75 Å². The number of nitrogens with zero attached hydrogens (tertiary/aromatic N) is 1. The van der Waals surface area contributed by atoms with Crippen LogP contribution in [-0.2, 0) is 6.42 Å². The van der Waals surface area contributed by atoms with Gasteiger partial charge in [-0.3, -0.25) is 4.99 Å². The van der Waals surface area contributed by atoms with Gasteiger partial charge < -0.3 is 10.1 Å². The van der Waals surface area contributed by atoms with Gasteiger partial charge in [0, 0.05) is 13.0 Å². The van der Waals surface area contributed by atoms with E-state index < -0.39 is 0 Å². The Bertz CT molecular complexity index is 590. The first-order chi connectivity index (χ1) is 13.8. The van der Waals surface area contributed by atoms with Gasteiger partial charge in [-0.2, -0.15) is 0 Å². The predicted molar refractivity (Wildman–Crippen MR) is 120 cm³/mol. The second kappa shape index (κ2) is 11.5. The number of nitrogens with one attached hydrogen (secondary N) is 1. The molecule has 1 aromatic rings. The number of hydrogen-bond donors (Lipinski definition) is 1. The van der Waals surface area contributed by atoms with Gasteiger partial charge in [0.05, 0.1) is 18.5 Å². The van der Waals surface area contributed by atoms with Gasteiger partial charge in [0.2, 0.25) is 0 Å². The van der Waals surface area contributed by atoms with Gasteiger partial charge in [-0.25, -0.2) is 0 Å². The first-order valence-electron chi connectivity index (χ1n) is 11.8. The smallest absolute Gasteiger partial charge is 0.119 e. The summed E-state index contributed by atoms with van der Waals surface area (Å²) in [4.78, 5) is 5.47. The molecule has 1 N–H and O–H groups in total. The maximum absolute atomic E-state index is 5.47. The van der Waals surface area contributed by atoms with Crippen molar-refractivity contribution in [3.63, 3.8) is 0 Å². The molecule has 2 aliphatic rings. The Labute approximate surface area is 172 Å². The third-order valence-electron chi connectivity index (χ3n) is 6.49. The van der Waals surface area contributed by atoms with Gasteiger partial charge in [-0.15, -0.1) is 0 Å². The fraction of sp³-hybridized carbons (Fsp3) is 0.720. The van der Waals surface area contributed by atoms with Gasteiger partial charge in [0.25, 0.3) is 0 Å². The number of hydrogen-bond acceptors (Lipinski definition) is 2. The van der Waals surface area contributed by atoms with Crippen molar-refractivity contribution in [2.45, 2.75) is 102 Å². The Kier molecular flexibility index (Phi) is 8.70. The van der Waals surface area contributed by atoms with Crippen LogP contribution in [0.1, 0.15) is 95.5 Å². The number of amidine groups is 1. The highest BCUT2D eigenvalue weighted by Crippen LogP contribution is 2.36. The van der Waals surface area contributed by atoms with Crippen LogP contribution >= 0.6 is 0 Å². The molecule has 0 amide bonds. The largest absolute Gasteiger partial charge is 0.497 e. The van der Waals surface area contributed by atoms with Crippen LogP contribution in [0.4, 0.5) is 0 Å². The molecule has 1 heterocycles. The molecule has 1 aromatic carbocycles. The maximum Gasteiger partial charge on any atom is 0.119 e. The van der Waals surface area contributed by atoms with E-state index >= 15 is 0 Å². The Balaban J connectivity index is 1.75. The van der Waals surface area contributed by atoms with Crippen molar-refractivity contribution in [2.24, 2.45) is 4.99 Å². The van der Waals surface area contributed by atoms with Gasteiger partial charge in [-0.1, -0.05) is 69.9 Å². The molecule has 1 saturated carbocycles. The molecule has 1 saturated heterocycles. The molecule has 1 aliphatic heterocycles. The third-order valence-corrected chi connectivity index (χ3v) is 6.49. The second-order valence-corrected chi connectivity index (χ2v) is 8.88. The standard InChI is InChI=1S/C25H40N2O/c1-28-23-15-13-14-22(20-23)21-25(17-10-8-11-18-25)27-24-16-9-6-4-2-3-5-7-12-19-26-24/h13-15,20H,2-12,16-19,21H2,1H3,(H,26,27). The van der Waals surface area contributed by atoms with Crippen LogP contribution in [0.2, 0.25) is 0 Å². The molecule has 0 radical (unpaired) electrons. The molecule has 2 fully saturated rings. The minimum absolute atomic E-state index is 0.0734. The van der Waals surface area contributed by atoms with Crippen LogP contribution in [0.5, 0.6) is 5.75 Å². The van der Waals surface area contributed by atoms with Crippen LogP contribution in [-0.4, -0.2) is 25.0 Å². The molecule has 0 bridgehead atoms. The van der Waals surface area contributed by atoms with Crippen molar-refractivity contribution < 1.29 is 4.74 Å². The highest BCUT2D eigenvalue weighted by atomic mass is 16.5. The van der Waals surface area contributed by atoms with Crippen molar-refractivity contribution in [3.05, 3.63) is 29.8 Å². The molecule has 3 nitrogen and oxygen atoms in total. The number of rotatable bonds is 4. The summed E-state index contributed by atoms with van der Waals surface area (Å²) in [6, 6.07) is 8.60. The van der Waals surface area contributed by atoms with Crippen LogP contribution in [0.25, 0.3) is 0 Å². The number of benzene rings is 1. The lowest BCUT2D eigenvalue weighted by molar-refractivity contribution is 0.295. The summed E-state index contributed by atoms with van der Waals surface area (Å²) in [5, 5.41) is 3.74. The van der Waals surface area contributed by atoms with Crippen molar-refractivity contribution >= 4 is 5.84 Å². The van der Waals surface area contributed by atoms with E-state index in [1.807, 2.05) is 6.07 Å². The summed E-state index contributed by atoms with van der Waals surface area (Å²) in [7, 11) is 1.75. The fourth-order valence-corrected chi connectivity index (χ4v) is 4.88. The molecule has 156 valence electrons. The Morgan fingerprint density at radius 2 is 1.57 bits per heavy atom. The average Bonchev–Trinajstić information content (AvgIpc) is 2.71. The minimum atomic E-state index is 0.0734. The van der Waals surface area contributed by atoms with Gasteiger partial charge >= 0.3 is 0 Å². The molecule has 28 heavy (non-hydrogen) atoms. The summed E-state index contributed by atoms with van der Waals surface area (Å²) >= 11 is 0. The lowest BCUT2D eigenvalue weighted by Crippen LogP contribution is -2.37. The van der Waals surface area contributed by atoms with E-state index in [2.05, 4.69) is 23.5 Å². The summed E-state index contributed by atoms with van der Waals surface area (Å²) < 4.78 is 5.46. The zero-order valence-electron chi connectivity index (χ0n) is 18.0. The van der Waals surface area contributed by atoms with Crippen LogP contribution in [0.15, 0.2) is 29.3 Å². The Morgan fingerprint density at radius 3 is 2.32 bits per heavy atom. The van der Waals surface area contributed by atoms with E-state index in [1.54, 1.807) is 7.11 Å². The molecular formula is C25H40N2O. The van der Waals surface area contributed by atoms with Gasteiger partial charge in [0.15, 0.2) is 0 Å². The highest BCUT2D eigenvalue weighted by molar-refractivity contribution is 5.82. The summed E-state index contributed by atoms with van der Waals surface area (Å²) in [6.45, 7) is 1.09. The van der Waals surface area contributed by atoms with E-state index in [0.717, 1.165) is 25.1 Å². The zero-order chi connectivity index (χ0) is 19.5. The second-order valence-electron chi connectivity index (χ2n) is 8.88. The lowest BCUT2D eigenvalue weighted by atomic mass is 9.78. The lowest BCUT2D eigenvalue weighted by Gasteiger charge is -2.35. The Morgan fingerprint density at radius 1 is 0.893 bits per heavy atom.